The molecule has 2 aromatic rings. The molecule has 0 aliphatic carbocycles. The number of hydrogen-bond acceptors (Lipinski definition) is 2. The molecule has 1 heterocycles. The van der Waals surface area contributed by atoms with Crippen LogP contribution < -0.4 is 5.32 Å². The average Bonchev–Trinajstić information content (AvgIpc) is 2.43. The number of benzene rings is 1. The molecule has 0 saturated carbocycles. The fraction of sp³-hybridized carbons (Fsp3) is 0.389. The van der Waals surface area contributed by atoms with Crippen molar-refractivity contribution in [1.82, 2.24) is 4.98 Å². The molecule has 0 radical (unpaired) electrons. The van der Waals surface area contributed by atoms with Gasteiger partial charge >= 0.3 is 0 Å². The van der Waals surface area contributed by atoms with Crippen LogP contribution in [-0.2, 0) is 5.41 Å². The predicted molar refractivity (Wildman–Crippen MR) is 93.8 cm³/mol. The van der Waals surface area contributed by atoms with E-state index in [4.69, 9.17) is 0 Å². The number of rotatable bonds is 5. The smallest absolute Gasteiger partial charge is 0.109 e. The highest BCUT2D eigenvalue weighted by atomic mass is 79.9. The van der Waals surface area contributed by atoms with Crippen LogP contribution in [0.25, 0.3) is 0 Å². The van der Waals surface area contributed by atoms with E-state index in [-0.39, 0.29) is 5.41 Å². The van der Waals surface area contributed by atoms with E-state index in [1.54, 1.807) is 0 Å². The zero-order valence-electron chi connectivity index (χ0n) is 13.2. The average molecular weight is 347 g/mol. The molecular formula is C18H23BrN2. The van der Waals surface area contributed by atoms with Crippen molar-refractivity contribution in [1.29, 1.82) is 0 Å². The minimum absolute atomic E-state index is 0.144. The summed E-state index contributed by atoms with van der Waals surface area (Å²) in [7, 11) is 0. The Balaban J connectivity index is 2.04. The monoisotopic (exact) mass is 346 g/mol. The van der Waals surface area contributed by atoms with E-state index in [0.29, 0.717) is 6.04 Å². The van der Waals surface area contributed by atoms with Gasteiger partial charge in [0.15, 0.2) is 0 Å². The summed E-state index contributed by atoms with van der Waals surface area (Å²) in [4.78, 5) is 4.34. The van der Waals surface area contributed by atoms with Crippen molar-refractivity contribution in [2.75, 3.05) is 5.32 Å². The second kappa shape index (κ2) is 6.61. The van der Waals surface area contributed by atoms with Crippen molar-refractivity contribution in [3.63, 3.8) is 0 Å². The van der Waals surface area contributed by atoms with Gasteiger partial charge in [-0.3, -0.25) is 0 Å². The molecule has 0 aliphatic rings. The first kappa shape index (κ1) is 16.0. The molecular weight excluding hydrogens is 324 g/mol. The molecule has 0 aliphatic heterocycles. The zero-order valence-corrected chi connectivity index (χ0v) is 14.7. The fourth-order valence-electron chi connectivity index (χ4n) is 2.75. The maximum Gasteiger partial charge on any atom is 0.109 e. The maximum atomic E-state index is 4.34. The Kier molecular flexibility index (Phi) is 5.04. The number of nitrogens with one attached hydrogen (secondary N) is 1. The van der Waals surface area contributed by atoms with Crippen LogP contribution in [0.3, 0.4) is 0 Å². The molecule has 0 amide bonds. The van der Waals surface area contributed by atoms with E-state index in [1.807, 2.05) is 6.20 Å². The summed E-state index contributed by atoms with van der Waals surface area (Å²) in [6, 6.07) is 13.2. The normalized spacial score (nSPS) is 13.0. The van der Waals surface area contributed by atoms with Gasteiger partial charge in [-0.2, -0.15) is 0 Å². The zero-order chi connectivity index (χ0) is 15.5. The summed E-state index contributed by atoms with van der Waals surface area (Å²) in [5.74, 6) is 0. The molecule has 1 N–H and O–H groups in total. The van der Waals surface area contributed by atoms with E-state index < -0.39 is 0 Å². The Labute approximate surface area is 136 Å². The van der Waals surface area contributed by atoms with Gasteiger partial charge in [0.25, 0.3) is 0 Å². The number of halogens is 1. The van der Waals surface area contributed by atoms with Crippen molar-refractivity contribution < 1.29 is 0 Å². The lowest BCUT2D eigenvalue weighted by Gasteiger charge is -2.29. The third kappa shape index (κ3) is 4.31. The van der Waals surface area contributed by atoms with Crippen LogP contribution in [-0.4, -0.2) is 11.0 Å². The summed E-state index contributed by atoms with van der Waals surface area (Å²) in [5.41, 5.74) is 3.75. The van der Waals surface area contributed by atoms with E-state index in [1.165, 1.54) is 5.56 Å². The molecule has 2 rings (SSSR count). The first-order valence-corrected chi connectivity index (χ1v) is 8.12. The van der Waals surface area contributed by atoms with Crippen LogP contribution in [0.4, 0.5) is 5.69 Å². The topological polar surface area (TPSA) is 24.9 Å². The summed E-state index contributed by atoms with van der Waals surface area (Å²) in [6.45, 7) is 8.88. The molecule has 1 unspecified atom stereocenters. The molecule has 1 aromatic carbocycles. The number of pyridine rings is 1. The molecule has 0 fully saturated rings. The van der Waals surface area contributed by atoms with Crippen molar-refractivity contribution in [2.24, 2.45) is 0 Å². The minimum Gasteiger partial charge on any atom is -0.381 e. The Hall–Kier alpha value is -1.35. The Morgan fingerprint density at radius 2 is 1.90 bits per heavy atom. The standard InChI is InChI=1S/C18H23BrN2/c1-13-10-16(12-20-17(13)19)21-14(2)11-18(3,4)15-8-6-5-7-9-15/h5-10,12,14,21H,11H2,1-4H3. The SMILES string of the molecule is Cc1cc(NC(C)CC(C)(C)c2ccccc2)cnc1Br. The van der Waals surface area contributed by atoms with Crippen molar-refractivity contribution >= 4 is 21.6 Å². The van der Waals surface area contributed by atoms with Gasteiger partial charge in [-0.25, -0.2) is 4.98 Å². The van der Waals surface area contributed by atoms with Crippen LogP contribution in [0.1, 0.15) is 38.3 Å². The Bertz CT molecular complexity index is 593. The summed E-state index contributed by atoms with van der Waals surface area (Å²) in [6.07, 6.45) is 2.94. The summed E-state index contributed by atoms with van der Waals surface area (Å²) in [5, 5.41) is 3.55. The highest BCUT2D eigenvalue weighted by Crippen LogP contribution is 2.29. The summed E-state index contributed by atoms with van der Waals surface area (Å²) < 4.78 is 0.908. The van der Waals surface area contributed by atoms with Gasteiger partial charge in [0.2, 0.25) is 0 Å². The van der Waals surface area contributed by atoms with Crippen molar-refractivity contribution in [2.45, 2.75) is 45.6 Å². The Morgan fingerprint density at radius 1 is 1.24 bits per heavy atom. The Morgan fingerprint density at radius 3 is 2.52 bits per heavy atom. The summed E-state index contributed by atoms with van der Waals surface area (Å²) >= 11 is 3.44. The van der Waals surface area contributed by atoms with Crippen molar-refractivity contribution in [3.05, 3.63) is 58.3 Å². The first-order valence-electron chi connectivity index (χ1n) is 7.33. The number of anilines is 1. The number of aromatic nitrogens is 1. The van der Waals surface area contributed by atoms with E-state index >= 15 is 0 Å². The van der Waals surface area contributed by atoms with Gasteiger partial charge in [0.1, 0.15) is 4.60 Å². The lowest BCUT2D eigenvalue weighted by molar-refractivity contribution is 0.450. The van der Waals surface area contributed by atoms with Crippen LogP contribution in [0.5, 0.6) is 0 Å². The number of aryl methyl sites for hydroxylation is 1. The molecule has 0 spiro atoms. The fourth-order valence-corrected chi connectivity index (χ4v) is 2.96. The van der Waals surface area contributed by atoms with Gasteiger partial charge in [-0.15, -0.1) is 0 Å². The van der Waals surface area contributed by atoms with E-state index in [9.17, 15) is 0 Å². The van der Waals surface area contributed by atoms with Gasteiger partial charge < -0.3 is 5.32 Å². The number of nitrogens with zero attached hydrogens (tertiary/aromatic N) is 1. The predicted octanol–water partition coefficient (Wildman–Crippen LogP) is 5.32. The molecule has 1 atom stereocenters. The molecule has 0 bridgehead atoms. The largest absolute Gasteiger partial charge is 0.381 e. The first-order chi connectivity index (χ1) is 9.88. The molecule has 21 heavy (non-hydrogen) atoms. The van der Waals surface area contributed by atoms with Crippen LogP contribution >= 0.6 is 15.9 Å². The highest BCUT2D eigenvalue weighted by Gasteiger charge is 2.23. The lowest BCUT2D eigenvalue weighted by Crippen LogP contribution is -2.27. The molecule has 1 aromatic heterocycles. The van der Waals surface area contributed by atoms with Gasteiger partial charge in [0.05, 0.1) is 11.9 Å². The lowest BCUT2D eigenvalue weighted by atomic mass is 9.79. The van der Waals surface area contributed by atoms with Gasteiger partial charge in [0, 0.05) is 6.04 Å². The van der Waals surface area contributed by atoms with Crippen LogP contribution in [0, 0.1) is 6.92 Å². The van der Waals surface area contributed by atoms with Gasteiger partial charge in [-0.1, -0.05) is 44.2 Å². The van der Waals surface area contributed by atoms with Gasteiger partial charge in [-0.05, 0) is 58.8 Å². The quantitative estimate of drug-likeness (QED) is 0.741. The minimum atomic E-state index is 0.144. The van der Waals surface area contributed by atoms with E-state index in [2.05, 4.69) is 90.3 Å². The second-order valence-electron chi connectivity index (χ2n) is 6.33. The highest BCUT2D eigenvalue weighted by molar-refractivity contribution is 9.10. The molecule has 112 valence electrons. The third-order valence-electron chi connectivity index (χ3n) is 3.80. The van der Waals surface area contributed by atoms with Crippen LogP contribution in [0.15, 0.2) is 47.2 Å². The third-order valence-corrected chi connectivity index (χ3v) is 4.63. The maximum absolute atomic E-state index is 4.34. The van der Waals surface area contributed by atoms with Crippen molar-refractivity contribution in [3.8, 4) is 0 Å². The molecule has 0 saturated heterocycles. The number of hydrogen-bond donors (Lipinski definition) is 1. The second-order valence-corrected chi connectivity index (χ2v) is 7.08. The van der Waals surface area contributed by atoms with E-state index in [0.717, 1.165) is 22.3 Å². The van der Waals surface area contributed by atoms with Crippen LogP contribution in [0.2, 0.25) is 0 Å². The molecule has 3 heteroatoms. The molecule has 2 nitrogen and oxygen atoms in total.